The number of nitrogens with one attached hydrogen (secondary N) is 2. The van der Waals surface area contributed by atoms with Gasteiger partial charge in [-0.1, -0.05) is 13.8 Å². The van der Waals surface area contributed by atoms with E-state index in [2.05, 4.69) is 20.6 Å². The molecule has 8 heteroatoms. The Morgan fingerprint density at radius 3 is 2.24 bits per heavy atom. The second-order valence-corrected chi connectivity index (χ2v) is 4.65. The largest absolute Gasteiger partial charge is 0.370 e. The molecule has 0 aliphatic rings. The molecule has 0 saturated carbocycles. The van der Waals surface area contributed by atoms with Crippen LogP contribution in [0.25, 0.3) is 0 Å². The highest BCUT2D eigenvalue weighted by Gasteiger charge is 2.40. The van der Waals surface area contributed by atoms with Crippen molar-refractivity contribution in [3.05, 3.63) is 11.9 Å². The lowest BCUT2D eigenvalue weighted by Gasteiger charge is -2.17. The summed E-state index contributed by atoms with van der Waals surface area (Å²) < 4.78 is 50.1. The third-order valence-electron chi connectivity index (χ3n) is 2.63. The maximum absolute atomic E-state index is 12.9. The number of nitrogens with zero attached hydrogens (tertiary/aromatic N) is 2. The molecule has 0 unspecified atom stereocenters. The van der Waals surface area contributed by atoms with Crippen LogP contribution in [0.2, 0.25) is 0 Å². The molecule has 2 N–H and O–H groups in total. The van der Waals surface area contributed by atoms with Gasteiger partial charge in [-0.2, -0.15) is 8.78 Å². The topological polar surface area (TPSA) is 49.8 Å². The van der Waals surface area contributed by atoms with Crippen molar-refractivity contribution in [1.82, 2.24) is 9.97 Å². The fraction of sp³-hybridized carbons (Fsp3) is 0.692. The zero-order chi connectivity index (χ0) is 15.9. The fourth-order valence-electron chi connectivity index (χ4n) is 1.55. The predicted molar refractivity (Wildman–Crippen MR) is 74.2 cm³/mol. The van der Waals surface area contributed by atoms with E-state index in [1.807, 2.05) is 13.8 Å². The monoisotopic (exact) mass is 308 g/mol. The van der Waals surface area contributed by atoms with E-state index in [9.17, 15) is 17.6 Å². The number of hydrogen-bond acceptors (Lipinski definition) is 4. The highest BCUT2D eigenvalue weighted by molar-refractivity contribution is 5.47. The molecule has 0 aliphatic carbocycles. The molecule has 0 aliphatic heterocycles. The average molecular weight is 308 g/mol. The van der Waals surface area contributed by atoms with Gasteiger partial charge in [0.05, 0.1) is 6.54 Å². The Balaban J connectivity index is 2.82. The molecule has 21 heavy (non-hydrogen) atoms. The van der Waals surface area contributed by atoms with Gasteiger partial charge >= 0.3 is 12.3 Å². The molecule has 0 spiro atoms. The second-order valence-electron chi connectivity index (χ2n) is 4.65. The van der Waals surface area contributed by atoms with E-state index in [-0.39, 0.29) is 5.82 Å². The van der Waals surface area contributed by atoms with E-state index in [0.29, 0.717) is 24.6 Å². The summed E-state index contributed by atoms with van der Waals surface area (Å²) in [7, 11) is 0. The number of halogens is 4. The van der Waals surface area contributed by atoms with Gasteiger partial charge < -0.3 is 10.6 Å². The van der Waals surface area contributed by atoms with Crippen molar-refractivity contribution in [1.29, 1.82) is 0 Å². The average Bonchev–Trinajstić information content (AvgIpc) is 2.43. The van der Waals surface area contributed by atoms with Crippen LogP contribution in [0, 0.1) is 0 Å². The molecule has 0 bridgehead atoms. The van der Waals surface area contributed by atoms with Crippen LogP contribution in [0.5, 0.6) is 0 Å². The summed E-state index contributed by atoms with van der Waals surface area (Å²) in [6.07, 6.45) is -1.45. The Morgan fingerprint density at radius 1 is 1.10 bits per heavy atom. The van der Waals surface area contributed by atoms with Crippen molar-refractivity contribution >= 4 is 11.6 Å². The van der Waals surface area contributed by atoms with Crippen LogP contribution in [-0.4, -0.2) is 35.4 Å². The molecule has 1 aromatic heterocycles. The molecule has 1 aromatic rings. The molecule has 120 valence electrons. The molecular formula is C13H20F4N4. The molecule has 1 heterocycles. The van der Waals surface area contributed by atoms with Crippen molar-refractivity contribution in [2.24, 2.45) is 0 Å². The molecular weight excluding hydrogens is 288 g/mol. The zero-order valence-corrected chi connectivity index (χ0v) is 12.1. The summed E-state index contributed by atoms with van der Waals surface area (Å²) in [6.45, 7) is 3.42. The van der Waals surface area contributed by atoms with Crippen LogP contribution in [0.15, 0.2) is 6.07 Å². The summed E-state index contributed by atoms with van der Waals surface area (Å²) in [5.74, 6) is -2.99. The van der Waals surface area contributed by atoms with Crippen LogP contribution >= 0.6 is 0 Å². The van der Waals surface area contributed by atoms with Crippen LogP contribution in [-0.2, 0) is 6.42 Å². The standard InChI is InChI=1S/C13H20F4N4/c1-3-5-9-20-10(18-6-4-2)7-11(21-9)19-8-13(16,17)12(14)15/h7,12H,3-6,8H2,1-2H3,(H2,18,19,20,21). The highest BCUT2D eigenvalue weighted by Crippen LogP contribution is 2.23. The van der Waals surface area contributed by atoms with Gasteiger partial charge in [0.1, 0.15) is 17.5 Å². The van der Waals surface area contributed by atoms with Crippen molar-refractivity contribution < 1.29 is 17.6 Å². The lowest BCUT2D eigenvalue weighted by Crippen LogP contribution is -2.35. The van der Waals surface area contributed by atoms with Gasteiger partial charge in [-0.05, 0) is 12.8 Å². The zero-order valence-electron chi connectivity index (χ0n) is 12.1. The quantitative estimate of drug-likeness (QED) is 0.685. The lowest BCUT2D eigenvalue weighted by molar-refractivity contribution is -0.117. The number of aryl methyl sites for hydroxylation is 1. The highest BCUT2D eigenvalue weighted by atomic mass is 19.3. The van der Waals surface area contributed by atoms with Gasteiger partial charge in [-0.15, -0.1) is 0 Å². The van der Waals surface area contributed by atoms with Gasteiger partial charge in [0.25, 0.3) is 0 Å². The Bertz CT molecular complexity index is 440. The molecule has 0 aromatic carbocycles. The van der Waals surface area contributed by atoms with E-state index in [1.165, 1.54) is 6.07 Å². The first-order chi connectivity index (χ1) is 9.89. The molecule has 0 amide bonds. The third kappa shape index (κ3) is 5.73. The summed E-state index contributed by atoms with van der Waals surface area (Å²) >= 11 is 0. The van der Waals surface area contributed by atoms with Gasteiger partial charge in [0, 0.05) is 19.0 Å². The number of anilines is 2. The van der Waals surface area contributed by atoms with Gasteiger partial charge in [0.15, 0.2) is 0 Å². The third-order valence-corrected chi connectivity index (χ3v) is 2.63. The Morgan fingerprint density at radius 2 is 1.71 bits per heavy atom. The van der Waals surface area contributed by atoms with Gasteiger partial charge in [-0.3, -0.25) is 0 Å². The molecule has 1 rings (SSSR count). The Labute approximate surface area is 121 Å². The minimum Gasteiger partial charge on any atom is -0.370 e. The normalized spacial score (nSPS) is 11.8. The number of alkyl halides is 4. The lowest BCUT2D eigenvalue weighted by atomic mass is 10.3. The van der Waals surface area contributed by atoms with E-state index >= 15 is 0 Å². The molecule has 0 saturated heterocycles. The molecule has 4 nitrogen and oxygen atoms in total. The summed E-state index contributed by atoms with van der Waals surface area (Å²) in [6, 6.07) is 1.44. The number of rotatable bonds is 9. The van der Waals surface area contributed by atoms with E-state index in [1.54, 1.807) is 0 Å². The molecule has 0 radical (unpaired) electrons. The van der Waals surface area contributed by atoms with Crippen LogP contribution in [0.1, 0.15) is 32.5 Å². The van der Waals surface area contributed by atoms with Gasteiger partial charge in [0.2, 0.25) is 0 Å². The SMILES string of the molecule is CCCNc1cc(NCC(F)(F)C(F)F)nc(CCC)n1. The first-order valence-electron chi connectivity index (χ1n) is 6.90. The van der Waals surface area contributed by atoms with Crippen LogP contribution < -0.4 is 10.6 Å². The van der Waals surface area contributed by atoms with Crippen molar-refractivity contribution in [3.63, 3.8) is 0 Å². The Kier molecular flexibility index (Phi) is 6.64. The second kappa shape index (κ2) is 7.99. The maximum Gasteiger partial charge on any atom is 0.324 e. The summed E-state index contributed by atoms with van der Waals surface area (Å²) in [4.78, 5) is 8.30. The van der Waals surface area contributed by atoms with Crippen molar-refractivity contribution in [3.8, 4) is 0 Å². The van der Waals surface area contributed by atoms with E-state index in [4.69, 9.17) is 0 Å². The smallest absolute Gasteiger partial charge is 0.324 e. The summed E-state index contributed by atoms with van der Waals surface area (Å²) in [5.41, 5.74) is 0. The predicted octanol–water partition coefficient (Wildman–Crippen LogP) is 3.56. The van der Waals surface area contributed by atoms with Crippen LogP contribution in [0.4, 0.5) is 29.2 Å². The number of hydrogen-bond donors (Lipinski definition) is 2. The number of aromatic nitrogens is 2. The van der Waals surface area contributed by atoms with Gasteiger partial charge in [-0.25, -0.2) is 18.7 Å². The van der Waals surface area contributed by atoms with Crippen molar-refractivity contribution in [2.45, 2.75) is 45.5 Å². The van der Waals surface area contributed by atoms with Crippen molar-refractivity contribution in [2.75, 3.05) is 23.7 Å². The minimum absolute atomic E-state index is 0.118. The van der Waals surface area contributed by atoms with Crippen LogP contribution in [0.3, 0.4) is 0 Å². The first kappa shape index (κ1) is 17.5. The van der Waals surface area contributed by atoms with E-state index in [0.717, 1.165) is 12.8 Å². The first-order valence-corrected chi connectivity index (χ1v) is 6.90. The molecule has 0 fully saturated rings. The maximum atomic E-state index is 12.9. The molecule has 0 atom stereocenters. The van der Waals surface area contributed by atoms with E-state index < -0.39 is 18.9 Å². The minimum atomic E-state index is -4.09. The summed E-state index contributed by atoms with van der Waals surface area (Å²) in [5, 5.41) is 5.29. The fourth-order valence-corrected chi connectivity index (χ4v) is 1.55. The Hall–Kier alpha value is -1.60.